The van der Waals surface area contributed by atoms with Crippen molar-refractivity contribution in [1.29, 1.82) is 0 Å². The number of hydrogen-bond acceptors (Lipinski definition) is 7. The Morgan fingerprint density at radius 1 is 0.967 bits per heavy atom. The molecule has 1 aliphatic rings. The normalized spacial score (nSPS) is 13.2. The van der Waals surface area contributed by atoms with Gasteiger partial charge in [-0.15, -0.1) is 0 Å². The van der Waals surface area contributed by atoms with Crippen molar-refractivity contribution in [3.05, 3.63) is 59.7 Å². The zero-order valence-electron chi connectivity index (χ0n) is 15.7. The summed E-state index contributed by atoms with van der Waals surface area (Å²) in [5, 5.41) is 2.88. The highest BCUT2D eigenvalue weighted by Crippen LogP contribution is 2.22. The van der Waals surface area contributed by atoms with Gasteiger partial charge in [-0.1, -0.05) is 17.2 Å². The molecule has 1 heterocycles. The van der Waals surface area contributed by atoms with Crippen LogP contribution in [0.25, 0.3) is 0 Å². The van der Waals surface area contributed by atoms with Crippen LogP contribution < -0.4 is 10.0 Å². The minimum Gasteiger partial charge on any atom is -0.330 e. The maximum Gasteiger partial charge on any atom is 0.334 e. The molecule has 11 heteroatoms. The first kappa shape index (κ1) is 21.1. The molecular formula is C19H17N3O7S. The van der Waals surface area contributed by atoms with Crippen molar-refractivity contribution in [3.8, 4) is 0 Å². The average molecular weight is 431 g/mol. The molecule has 0 unspecified atom stereocenters. The summed E-state index contributed by atoms with van der Waals surface area (Å²) in [6, 6.07) is 11.5. The maximum absolute atomic E-state index is 12.3. The molecule has 156 valence electrons. The molecule has 0 aliphatic carbocycles. The van der Waals surface area contributed by atoms with Crippen LogP contribution in [0.4, 0.5) is 5.69 Å². The molecule has 0 spiro atoms. The van der Waals surface area contributed by atoms with Crippen molar-refractivity contribution in [2.45, 2.75) is 18.2 Å². The predicted octanol–water partition coefficient (Wildman–Crippen LogP) is 1.07. The summed E-state index contributed by atoms with van der Waals surface area (Å²) in [6.45, 7) is 1.02. The highest BCUT2D eigenvalue weighted by molar-refractivity contribution is 7.89. The number of amides is 3. The molecule has 0 bridgehead atoms. The second-order valence-corrected chi connectivity index (χ2v) is 8.03. The molecule has 0 saturated heterocycles. The van der Waals surface area contributed by atoms with Gasteiger partial charge in [-0.05, 0) is 36.4 Å². The third-order valence-corrected chi connectivity index (χ3v) is 5.53. The number of carbonyl (C=O) groups is 4. The van der Waals surface area contributed by atoms with E-state index in [0.717, 1.165) is 0 Å². The third kappa shape index (κ3) is 4.53. The number of hydrogen-bond donors (Lipinski definition) is 2. The van der Waals surface area contributed by atoms with Gasteiger partial charge in [0.1, 0.15) is 0 Å². The molecule has 30 heavy (non-hydrogen) atoms. The van der Waals surface area contributed by atoms with Crippen molar-refractivity contribution in [2.24, 2.45) is 0 Å². The Balaban J connectivity index is 1.54. The van der Waals surface area contributed by atoms with Gasteiger partial charge in [0.2, 0.25) is 15.9 Å². The van der Waals surface area contributed by atoms with Crippen LogP contribution in [-0.4, -0.2) is 43.7 Å². The zero-order chi connectivity index (χ0) is 21.9. The van der Waals surface area contributed by atoms with Crippen molar-refractivity contribution < 1.29 is 32.4 Å². The number of anilines is 1. The Hall–Kier alpha value is -3.57. The summed E-state index contributed by atoms with van der Waals surface area (Å²) in [5.41, 5.74) is 0.684. The second kappa shape index (κ2) is 8.43. The van der Waals surface area contributed by atoms with Gasteiger partial charge in [-0.3, -0.25) is 14.4 Å². The van der Waals surface area contributed by atoms with E-state index in [9.17, 15) is 27.6 Å². The molecule has 3 rings (SSSR count). The minimum atomic E-state index is -3.91. The molecule has 3 amide bonds. The standard InChI is InChI=1S/C19H17N3O7S/c1-12(23)21-13-6-8-14(9-7-13)30(27,28)20-11-10-17(24)29-22-18(25)15-4-2-3-5-16(15)19(22)26/h2-9,20H,10-11H2,1H3,(H,21,23). The lowest BCUT2D eigenvalue weighted by atomic mass is 10.1. The molecule has 0 radical (unpaired) electrons. The highest BCUT2D eigenvalue weighted by atomic mass is 32.2. The fraction of sp³-hybridized carbons (Fsp3) is 0.158. The Kier molecular flexibility index (Phi) is 5.94. The van der Waals surface area contributed by atoms with Crippen molar-refractivity contribution in [2.75, 3.05) is 11.9 Å². The summed E-state index contributed by atoms with van der Waals surface area (Å²) < 4.78 is 26.8. The quantitative estimate of drug-likeness (QED) is 0.625. The monoisotopic (exact) mass is 431 g/mol. The van der Waals surface area contributed by atoms with Gasteiger partial charge < -0.3 is 10.2 Å². The maximum atomic E-state index is 12.3. The lowest BCUT2D eigenvalue weighted by Gasteiger charge is -2.13. The molecule has 1 aliphatic heterocycles. The molecule has 0 fully saturated rings. The number of fused-ring (bicyclic) bond motifs is 1. The van der Waals surface area contributed by atoms with E-state index >= 15 is 0 Å². The van der Waals surface area contributed by atoms with Crippen LogP contribution in [0.5, 0.6) is 0 Å². The SMILES string of the molecule is CC(=O)Nc1ccc(S(=O)(=O)NCCC(=O)ON2C(=O)c3ccccc3C2=O)cc1. The Morgan fingerprint density at radius 2 is 1.53 bits per heavy atom. The van der Waals surface area contributed by atoms with Crippen LogP contribution in [0.15, 0.2) is 53.4 Å². The van der Waals surface area contributed by atoms with Gasteiger partial charge in [0.25, 0.3) is 11.8 Å². The third-order valence-electron chi connectivity index (χ3n) is 4.06. The van der Waals surface area contributed by atoms with Gasteiger partial charge >= 0.3 is 5.97 Å². The van der Waals surface area contributed by atoms with Gasteiger partial charge in [0.15, 0.2) is 0 Å². The van der Waals surface area contributed by atoms with Gasteiger partial charge in [0, 0.05) is 19.2 Å². The first-order valence-corrected chi connectivity index (χ1v) is 10.2. The smallest absolute Gasteiger partial charge is 0.330 e. The fourth-order valence-electron chi connectivity index (χ4n) is 2.69. The number of benzene rings is 2. The lowest BCUT2D eigenvalue weighted by Crippen LogP contribution is -2.34. The van der Waals surface area contributed by atoms with Crippen molar-refractivity contribution in [1.82, 2.24) is 9.79 Å². The molecular weight excluding hydrogens is 414 g/mol. The van der Waals surface area contributed by atoms with Crippen LogP contribution in [0.3, 0.4) is 0 Å². The number of rotatable bonds is 7. The number of hydroxylamine groups is 2. The average Bonchev–Trinajstić information content (AvgIpc) is 2.93. The lowest BCUT2D eigenvalue weighted by molar-refractivity contribution is -0.168. The Labute approximate surface area is 171 Å². The number of imide groups is 1. The van der Waals surface area contributed by atoms with Crippen LogP contribution in [0.1, 0.15) is 34.1 Å². The van der Waals surface area contributed by atoms with Crippen molar-refractivity contribution >= 4 is 39.4 Å². The van der Waals surface area contributed by atoms with Crippen LogP contribution in [0.2, 0.25) is 0 Å². The molecule has 2 aromatic carbocycles. The van der Waals surface area contributed by atoms with Gasteiger partial charge in [-0.2, -0.15) is 0 Å². The molecule has 2 N–H and O–H groups in total. The number of sulfonamides is 1. The van der Waals surface area contributed by atoms with E-state index in [4.69, 9.17) is 4.84 Å². The Morgan fingerprint density at radius 3 is 2.07 bits per heavy atom. The number of nitrogens with one attached hydrogen (secondary N) is 2. The summed E-state index contributed by atoms with van der Waals surface area (Å²) in [5.74, 6) is -2.76. The topological polar surface area (TPSA) is 139 Å². The van der Waals surface area contributed by atoms with E-state index in [-0.39, 0.29) is 28.5 Å². The molecule has 0 atom stereocenters. The van der Waals surface area contributed by atoms with E-state index in [1.807, 2.05) is 0 Å². The first-order valence-electron chi connectivity index (χ1n) is 8.75. The first-order chi connectivity index (χ1) is 14.2. The Bertz CT molecular complexity index is 1090. The highest BCUT2D eigenvalue weighted by Gasteiger charge is 2.38. The minimum absolute atomic E-state index is 0.0645. The van der Waals surface area contributed by atoms with Gasteiger partial charge in [0.05, 0.1) is 22.4 Å². The van der Waals surface area contributed by atoms with Crippen molar-refractivity contribution in [3.63, 3.8) is 0 Å². The van der Waals surface area contributed by atoms with Crippen LogP contribution >= 0.6 is 0 Å². The summed E-state index contributed by atoms with van der Waals surface area (Å²) in [7, 11) is -3.91. The van der Waals surface area contributed by atoms with E-state index in [0.29, 0.717) is 10.8 Å². The van der Waals surface area contributed by atoms with E-state index in [1.165, 1.54) is 43.3 Å². The largest absolute Gasteiger partial charge is 0.334 e. The van der Waals surface area contributed by atoms with E-state index in [2.05, 4.69) is 10.0 Å². The predicted molar refractivity (Wildman–Crippen MR) is 104 cm³/mol. The number of nitrogens with zero attached hydrogens (tertiary/aromatic N) is 1. The van der Waals surface area contributed by atoms with Crippen LogP contribution in [-0.2, 0) is 24.4 Å². The molecule has 10 nitrogen and oxygen atoms in total. The fourth-order valence-corrected chi connectivity index (χ4v) is 3.72. The summed E-state index contributed by atoms with van der Waals surface area (Å²) in [6.07, 6.45) is -0.406. The summed E-state index contributed by atoms with van der Waals surface area (Å²) in [4.78, 5) is 52.0. The second-order valence-electron chi connectivity index (χ2n) is 6.27. The molecule has 2 aromatic rings. The zero-order valence-corrected chi connectivity index (χ0v) is 16.6. The van der Waals surface area contributed by atoms with Crippen LogP contribution in [0, 0.1) is 0 Å². The summed E-state index contributed by atoms with van der Waals surface area (Å²) >= 11 is 0. The van der Waals surface area contributed by atoms with E-state index < -0.39 is 34.2 Å². The molecule has 0 saturated carbocycles. The molecule has 0 aromatic heterocycles. The van der Waals surface area contributed by atoms with Gasteiger partial charge in [-0.25, -0.2) is 17.9 Å². The number of carbonyl (C=O) groups excluding carboxylic acids is 4. The van der Waals surface area contributed by atoms with E-state index in [1.54, 1.807) is 12.1 Å².